The van der Waals surface area contributed by atoms with Gasteiger partial charge in [-0.2, -0.15) is 0 Å². The van der Waals surface area contributed by atoms with Crippen molar-refractivity contribution >= 4 is 93.8 Å². The summed E-state index contributed by atoms with van der Waals surface area (Å²) in [6.45, 7) is 12.3. The number of aliphatic imine (C=N–C) groups is 3. The molecule has 6 aliphatic rings. The minimum Gasteiger partial charge on any atom is -0.508 e. The molecule has 3 amide bonds. The quantitative estimate of drug-likeness (QED) is 0.0209. The summed E-state index contributed by atoms with van der Waals surface area (Å²) < 4.78 is 51.2. The van der Waals surface area contributed by atoms with Crippen LogP contribution in [0.1, 0.15) is 134 Å². The molecule has 117 heavy (non-hydrogen) atoms. The standard InChI is InChI=1S/C54H57N5O10.C20H33NO6.C17H14N2O2/c1-4-17-66-19-20-67-18-16-57(15-9-14-52(61)65-3)40-22-35(33-68-49-28-45-43(26-39(49)32-60)53(62)58-41(30-55-45)24-37-10-5-7-12-47(37)58)21-36(23-40)34-69-51-29-46-44(27-50(51)64-2)54(63)59-42(31-56-46)25-38-11-6-8-13-48(38)59;1-3-8-26-10-11-27-9-7-21(6-4-5-20(24)25-2)19-13-17(15-22)12-18(14-19)16-23;1-10-6-13-14(8-16(10)20)18-9-12-7-11-4-2-3-5-15(11)19(12)17(13)21/h5-8,10-13,21-23,26-31,41-42,60H,4,9,14-20,24-25,32-34H2,1-3H3;12-14,22-23H,3-11,15-16H2,1-2H3;2-6,8-9,12,20H,7H2,1H3/t41-,42-;;12-/m0.0/s1. The highest BCUT2D eigenvalue weighted by Gasteiger charge is 2.40. The van der Waals surface area contributed by atoms with Gasteiger partial charge in [-0.1, -0.05) is 74.5 Å². The molecule has 0 saturated carbocycles. The summed E-state index contributed by atoms with van der Waals surface area (Å²) in [4.78, 5) is 88.3. The van der Waals surface area contributed by atoms with Gasteiger partial charge in [-0.15, -0.1) is 0 Å². The number of para-hydroxylation sites is 3. The molecule has 0 spiro atoms. The second-order valence-corrected chi connectivity index (χ2v) is 29.1. The number of phenols is 1. The molecule has 0 saturated heterocycles. The van der Waals surface area contributed by atoms with Gasteiger partial charge in [0, 0.05) is 142 Å². The Bertz CT molecular complexity index is 4730. The third kappa shape index (κ3) is 21.1. The average Bonchev–Trinajstić information content (AvgIpc) is 1.63. The molecule has 3 atom stereocenters. The number of methoxy groups -OCH3 is 3. The van der Waals surface area contributed by atoms with Gasteiger partial charge < -0.3 is 72.9 Å². The van der Waals surface area contributed by atoms with E-state index in [0.29, 0.717) is 167 Å². The first kappa shape index (κ1) is 85.0. The number of esters is 2. The van der Waals surface area contributed by atoms with E-state index in [2.05, 4.69) is 28.6 Å². The molecule has 0 bridgehead atoms. The lowest BCUT2D eigenvalue weighted by Crippen LogP contribution is -2.37. The molecule has 616 valence electrons. The molecule has 0 aromatic heterocycles. The Labute approximate surface area is 682 Å². The van der Waals surface area contributed by atoms with E-state index >= 15 is 0 Å². The van der Waals surface area contributed by atoms with Crippen LogP contribution in [-0.4, -0.2) is 187 Å². The monoisotopic (exact) mass is 1600 g/mol. The van der Waals surface area contributed by atoms with E-state index in [-0.39, 0.29) is 93.0 Å². The molecule has 0 fully saturated rings. The van der Waals surface area contributed by atoms with Gasteiger partial charge in [0.15, 0.2) is 11.5 Å². The van der Waals surface area contributed by atoms with Gasteiger partial charge in [0.2, 0.25) is 0 Å². The van der Waals surface area contributed by atoms with Crippen molar-refractivity contribution in [2.45, 2.75) is 130 Å². The Morgan fingerprint density at radius 3 is 1.26 bits per heavy atom. The SMILES string of the molecule is CCCOCCOCCN(CCCC(=O)OC)c1cc(CO)cc(CO)c1.CCCOCCOCCN(CCCC(=O)OC)c1cc(COc2cc3c(cc2CO)C(=O)N2c4ccccc4C[C@H]2C=N3)cc(COc2cc3c(cc2OC)C(=O)N2c4ccccc4C[C@H]2C=N3)c1.Cc1cc2c(cc1O)N=C[C@@H]1Cc3ccccc3N1C2=O. The number of amides is 3. The van der Waals surface area contributed by atoms with E-state index in [0.717, 1.165) is 87.7 Å². The first-order chi connectivity index (χ1) is 57.0. The predicted molar refractivity (Wildman–Crippen MR) is 449 cm³/mol. The highest BCUT2D eigenvalue weighted by atomic mass is 16.5. The maximum atomic E-state index is 14.1. The highest BCUT2D eigenvalue weighted by Crippen LogP contribution is 2.44. The Hall–Kier alpha value is -11.4. The minimum atomic E-state index is -0.361. The number of aliphatic hydroxyl groups is 3. The number of anilines is 5. The fraction of sp³-hybridized carbons (Fsp3) is 0.385. The number of ether oxygens (including phenoxy) is 9. The summed E-state index contributed by atoms with van der Waals surface area (Å²) in [5.74, 6) is 0.438. The van der Waals surface area contributed by atoms with Crippen LogP contribution < -0.4 is 38.7 Å². The third-order valence-corrected chi connectivity index (χ3v) is 21.0. The lowest BCUT2D eigenvalue weighted by molar-refractivity contribution is -0.141. The van der Waals surface area contributed by atoms with Crippen molar-refractivity contribution in [1.82, 2.24) is 0 Å². The van der Waals surface area contributed by atoms with Gasteiger partial charge in [0.25, 0.3) is 17.7 Å². The number of nitrogens with zero attached hydrogens (tertiary/aromatic N) is 8. The van der Waals surface area contributed by atoms with Crippen LogP contribution >= 0.6 is 0 Å². The second kappa shape index (κ2) is 41.5. The molecule has 8 aromatic rings. The minimum absolute atomic E-state index is 0.0512. The lowest BCUT2D eigenvalue weighted by Gasteiger charge is -2.26. The third-order valence-electron chi connectivity index (χ3n) is 21.0. The fourth-order valence-electron chi connectivity index (χ4n) is 15.1. The summed E-state index contributed by atoms with van der Waals surface area (Å²) in [6, 6.07) is 45.0. The Morgan fingerprint density at radius 2 is 0.838 bits per heavy atom. The van der Waals surface area contributed by atoms with E-state index in [1.807, 2.05) is 116 Å². The zero-order valence-electron chi connectivity index (χ0n) is 67.3. The van der Waals surface area contributed by atoms with Gasteiger partial charge in [-0.25, -0.2) is 0 Å². The summed E-state index contributed by atoms with van der Waals surface area (Å²) in [6.07, 6.45) is 11.2. The molecule has 0 unspecified atom stereocenters. The van der Waals surface area contributed by atoms with Gasteiger partial charge in [-0.05, 0) is 144 Å². The Kier molecular flexibility index (Phi) is 30.1. The molecule has 26 heteroatoms. The van der Waals surface area contributed by atoms with Gasteiger partial charge in [-0.3, -0.25) is 53.6 Å². The van der Waals surface area contributed by atoms with Gasteiger partial charge >= 0.3 is 11.9 Å². The first-order valence-corrected chi connectivity index (χ1v) is 39.9. The number of rotatable bonds is 36. The number of carbonyl (C=O) groups is 5. The maximum Gasteiger partial charge on any atom is 0.305 e. The first-order valence-electron chi connectivity index (χ1n) is 39.9. The van der Waals surface area contributed by atoms with Crippen molar-refractivity contribution in [1.29, 1.82) is 0 Å². The zero-order chi connectivity index (χ0) is 82.3. The average molecular weight is 1600 g/mol. The molecule has 4 N–H and O–H groups in total. The highest BCUT2D eigenvalue weighted by molar-refractivity contribution is 6.17. The normalized spacial score (nSPS) is 15.4. The summed E-state index contributed by atoms with van der Waals surface area (Å²) >= 11 is 0. The number of fused-ring (bicyclic) bond motifs is 12. The number of aromatic hydroxyl groups is 1. The van der Waals surface area contributed by atoms with E-state index < -0.39 is 0 Å². The molecular formula is C91H104N8O18. The van der Waals surface area contributed by atoms with Crippen molar-refractivity contribution in [2.75, 3.05) is 125 Å². The molecule has 6 heterocycles. The van der Waals surface area contributed by atoms with E-state index in [4.69, 9.17) is 52.6 Å². The molecule has 8 aromatic carbocycles. The van der Waals surface area contributed by atoms with Crippen molar-refractivity contribution < 1.29 is 87.0 Å². The number of hydrogen-bond acceptors (Lipinski definition) is 23. The van der Waals surface area contributed by atoms with Crippen molar-refractivity contribution in [3.63, 3.8) is 0 Å². The number of aryl methyl sites for hydroxylation is 1. The predicted octanol–water partition coefficient (Wildman–Crippen LogP) is 13.0. The molecule has 26 nitrogen and oxygen atoms in total. The van der Waals surface area contributed by atoms with E-state index in [9.17, 15) is 44.4 Å². The number of phenolic OH excluding ortho intramolecular Hbond substituents is 1. The van der Waals surface area contributed by atoms with Crippen molar-refractivity contribution in [2.24, 2.45) is 15.0 Å². The van der Waals surface area contributed by atoms with Crippen LogP contribution in [0.4, 0.5) is 45.5 Å². The topological polar surface area (TPSA) is 303 Å². The Balaban J connectivity index is 0.000000212. The molecular weight excluding hydrogens is 1490 g/mol. The van der Waals surface area contributed by atoms with Gasteiger partial charge in [0.1, 0.15) is 24.7 Å². The van der Waals surface area contributed by atoms with Crippen LogP contribution in [0.5, 0.6) is 23.0 Å². The fourth-order valence-corrected chi connectivity index (χ4v) is 15.1. The van der Waals surface area contributed by atoms with Crippen molar-refractivity contribution in [3.8, 4) is 23.0 Å². The van der Waals surface area contributed by atoms with Crippen LogP contribution in [0, 0.1) is 6.92 Å². The summed E-state index contributed by atoms with van der Waals surface area (Å²) in [5, 5.41) is 39.4. The number of hydrogen-bond donors (Lipinski definition) is 4. The van der Waals surface area contributed by atoms with Crippen LogP contribution in [0.3, 0.4) is 0 Å². The van der Waals surface area contributed by atoms with Crippen molar-refractivity contribution in [3.05, 3.63) is 212 Å². The van der Waals surface area contributed by atoms with Crippen LogP contribution in [0.25, 0.3) is 0 Å². The van der Waals surface area contributed by atoms with E-state index in [1.165, 1.54) is 19.8 Å². The smallest absolute Gasteiger partial charge is 0.305 e. The number of carbonyl (C=O) groups excluding carboxylic acids is 5. The van der Waals surface area contributed by atoms with Gasteiger partial charge in [0.05, 0.1) is 133 Å². The molecule has 14 rings (SSSR count). The van der Waals surface area contributed by atoms with Crippen LogP contribution in [0.15, 0.2) is 161 Å². The largest absolute Gasteiger partial charge is 0.508 e. The number of benzene rings is 8. The van der Waals surface area contributed by atoms with E-state index in [1.54, 1.807) is 77.4 Å². The molecule has 0 aliphatic carbocycles. The number of aliphatic hydroxyl groups excluding tert-OH is 3. The van der Waals surface area contributed by atoms with Crippen LogP contribution in [-0.2, 0) is 90.3 Å². The zero-order valence-corrected chi connectivity index (χ0v) is 67.3. The van der Waals surface area contributed by atoms with Crippen LogP contribution in [0.2, 0.25) is 0 Å². The summed E-state index contributed by atoms with van der Waals surface area (Å²) in [7, 11) is 4.31. The summed E-state index contributed by atoms with van der Waals surface area (Å²) in [5.41, 5.74) is 14.8. The Morgan fingerprint density at radius 1 is 0.444 bits per heavy atom. The molecule has 6 aliphatic heterocycles. The lowest BCUT2D eigenvalue weighted by atomic mass is 10.1. The maximum absolute atomic E-state index is 14.1. The second-order valence-electron chi connectivity index (χ2n) is 29.1. The molecule has 0 radical (unpaired) electrons.